The fourth-order valence-corrected chi connectivity index (χ4v) is 2.97. The fraction of sp³-hybridized carbons (Fsp3) is 0.579. The summed E-state index contributed by atoms with van der Waals surface area (Å²) in [6, 6.07) is 7.03. The highest BCUT2D eigenvalue weighted by Gasteiger charge is 2.10. The van der Waals surface area contributed by atoms with E-state index in [1.54, 1.807) is 24.3 Å². The standard InChI is InChI=1S/C19H30ClN5O2.HI/c1-2-21-19(23-8-5-11-25-12-14-27-15-13-25)24-10-9-22-18(26)16-6-3-4-7-17(16)20;/h3-4,6-7H,2,5,8-15H2,1H3,(H,22,26)(H2,21,23,24);1H. The predicted octanol–water partition coefficient (Wildman–Crippen LogP) is 1.97. The first-order chi connectivity index (χ1) is 13.2. The number of aliphatic imine (C=N–C) groups is 1. The molecule has 0 aromatic heterocycles. The van der Waals surface area contributed by atoms with Crippen molar-refractivity contribution in [3.63, 3.8) is 0 Å². The second-order valence-electron chi connectivity index (χ2n) is 6.23. The number of ether oxygens (including phenoxy) is 1. The Hall–Kier alpha value is -1.10. The Bertz CT molecular complexity index is 612. The summed E-state index contributed by atoms with van der Waals surface area (Å²) in [5, 5.41) is 9.78. The first-order valence-electron chi connectivity index (χ1n) is 9.55. The van der Waals surface area contributed by atoms with E-state index in [1.807, 2.05) is 6.92 Å². The SMILES string of the molecule is CCNC(=NCCCN1CCOCC1)NCCNC(=O)c1ccccc1Cl.I. The molecule has 7 nitrogen and oxygen atoms in total. The van der Waals surface area contributed by atoms with Crippen molar-refractivity contribution in [2.45, 2.75) is 13.3 Å². The Morgan fingerprint density at radius 2 is 1.89 bits per heavy atom. The number of halogens is 2. The van der Waals surface area contributed by atoms with Crippen LogP contribution in [0, 0.1) is 0 Å². The van der Waals surface area contributed by atoms with Crippen molar-refractivity contribution >= 4 is 47.4 Å². The number of carbonyl (C=O) groups is 1. The van der Waals surface area contributed by atoms with Gasteiger partial charge in [0.15, 0.2) is 5.96 Å². The topological polar surface area (TPSA) is 78.0 Å². The molecular weight excluding hydrogens is 493 g/mol. The Balaban J connectivity index is 0.00000392. The van der Waals surface area contributed by atoms with E-state index in [0.717, 1.165) is 58.3 Å². The zero-order valence-corrected chi connectivity index (χ0v) is 19.5. The first kappa shape index (κ1) is 24.9. The summed E-state index contributed by atoms with van der Waals surface area (Å²) < 4.78 is 5.36. The van der Waals surface area contributed by atoms with Gasteiger partial charge in [-0.05, 0) is 25.5 Å². The zero-order chi connectivity index (χ0) is 19.3. The maximum atomic E-state index is 12.1. The van der Waals surface area contributed by atoms with Gasteiger partial charge in [-0.2, -0.15) is 0 Å². The van der Waals surface area contributed by atoms with E-state index in [9.17, 15) is 4.79 Å². The highest BCUT2D eigenvalue weighted by Crippen LogP contribution is 2.14. The molecule has 158 valence electrons. The number of hydrogen-bond donors (Lipinski definition) is 3. The summed E-state index contributed by atoms with van der Waals surface area (Å²) in [7, 11) is 0. The molecule has 0 radical (unpaired) electrons. The van der Waals surface area contributed by atoms with Gasteiger partial charge >= 0.3 is 0 Å². The molecule has 0 aliphatic carbocycles. The monoisotopic (exact) mass is 523 g/mol. The summed E-state index contributed by atoms with van der Waals surface area (Å²) in [5.41, 5.74) is 0.489. The maximum Gasteiger partial charge on any atom is 0.252 e. The van der Waals surface area contributed by atoms with E-state index in [2.05, 4.69) is 25.8 Å². The first-order valence-corrected chi connectivity index (χ1v) is 9.93. The molecule has 1 aliphatic rings. The summed E-state index contributed by atoms with van der Waals surface area (Å²) >= 11 is 6.03. The molecular formula is C19H31ClIN5O2. The molecule has 0 atom stereocenters. The van der Waals surface area contributed by atoms with Crippen molar-refractivity contribution in [3.8, 4) is 0 Å². The highest BCUT2D eigenvalue weighted by molar-refractivity contribution is 14.0. The third-order valence-corrected chi connectivity index (χ3v) is 4.50. The molecule has 1 amide bonds. The number of hydrogen-bond acceptors (Lipinski definition) is 4. The lowest BCUT2D eigenvalue weighted by Crippen LogP contribution is -2.41. The van der Waals surface area contributed by atoms with Gasteiger partial charge in [-0.3, -0.25) is 14.7 Å². The van der Waals surface area contributed by atoms with Crippen LogP contribution in [0.2, 0.25) is 5.02 Å². The van der Waals surface area contributed by atoms with Gasteiger partial charge in [0.1, 0.15) is 0 Å². The van der Waals surface area contributed by atoms with Gasteiger partial charge in [0.2, 0.25) is 0 Å². The number of rotatable bonds is 9. The Morgan fingerprint density at radius 1 is 1.18 bits per heavy atom. The van der Waals surface area contributed by atoms with Crippen LogP contribution in [-0.2, 0) is 4.74 Å². The van der Waals surface area contributed by atoms with Crippen molar-refractivity contribution in [2.24, 2.45) is 4.99 Å². The van der Waals surface area contributed by atoms with E-state index in [-0.39, 0.29) is 29.9 Å². The lowest BCUT2D eigenvalue weighted by Gasteiger charge is -2.26. The van der Waals surface area contributed by atoms with Crippen LogP contribution in [0.25, 0.3) is 0 Å². The Kier molecular flexibility index (Phi) is 13.2. The van der Waals surface area contributed by atoms with E-state index in [0.29, 0.717) is 23.7 Å². The number of nitrogens with one attached hydrogen (secondary N) is 3. The van der Waals surface area contributed by atoms with Crippen LogP contribution in [0.3, 0.4) is 0 Å². The van der Waals surface area contributed by atoms with Gasteiger partial charge in [-0.15, -0.1) is 24.0 Å². The van der Waals surface area contributed by atoms with Gasteiger partial charge in [0, 0.05) is 45.8 Å². The maximum absolute atomic E-state index is 12.1. The highest BCUT2D eigenvalue weighted by atomic mass is 127. The van der Waals surface area contributed by atoms with Gasteiger partial charge < -0.3 is 20.7 Å². The number of morpholine rings is 1. The molecule has 2 rings (SSSR count). The summed E-state index contributed by atoms with van der Waals surface area (Å²) in [4.78, 5) is 19.1. The molecule has 3 N–H and O–H groups in total. The number of amides is 1. The second-order valence-corrected chi connectivity index (χ2v) is 6.64. The average molecular weight is 524 g/mol. The van der Waals surface area contributed by atoms with E-state index < -0.39 is 0 Å². The smallest absolute Gasteiger partial charge is 0.252 e. The van der Waals surface area contributed by atoms with Gasteiger partial charge in [0.25, 0.3) is 5.91 Å². The molecule has 0 unspecified atom stereocenters. The quantitative estimate of drug-likeness (QED) is 0.200. The van der Waals surface area contributed by atoms with Crippen molar-refractivity contribution in [3.05, 3.63) is 34.9 Å². The largest absolute Gasteiger partial charge is 0.379 e. The molecule has 1 aromatic carbocycles. The van der Waals surface area contributed by atoms with Crippen molar-refractivity contribution in [2.75, 3.05) is 59.0 Å². The van der Waals surface area contributed by atoms with Crippen molar-refractivity contribution < 1.29 is 9.53 Å². The Morgan fingerprint density at radius 3 is 2.61 bits per heavy atom. The normalized spacial score (nSPS) is 14.9. The molecule has 0 spiro atoms. The van der Waals surface area contributed by atoms with Gasteiger partial charge in [-0.1, -0.05) is 23.7 Å². The minimum atomic E-state index is -0.171. The van der Waals surface area contributed by atoms with Crippen LogP contribution in [0.15, 0.2) is 29.3 Å². The van der Waals surface area contributed by atoms with E-state index >= 15 is 0 Å². The number of guanidine groups is 1. The minimum absolute atomic E-state index is 0. The third kappa shape index (κ3) is 9.40. The summed E-state index contributed by atoms with van der Waals surface area (Å²) in [6.07, 6.45) is 1.01. The second kappa shape index (κ2) is 14.8. The lowest BCUT2D eigenvalue weighted by molar-refractivity contribution is 0.0377. The molecule has 28 heavy (non-hydrogen) atoms. The van der Waals surface area contributed by atoms with Crippen LogP contribution in [0.1, 0.15) is 23.7 Å². The lowest BCUT2D eigenvalue weighted by atomic mass is 10.2. The molecule has 1 heterocycles. The van der Waals surface area contributed by atoms with Crippen LogP contribution in [0.5, 0.6) is 0 Å². The van der Waals surface area contributed by atoms with Crippen LogP contribution in [0.4, 0.5) is 0 Å². The molecule has 0 saturated carbocycles. The van der Waals surface area contributed by atoms with E-state index in [4.69, 9.17) is 16.3 Å². The predicted molar refractivity (Wildman–Crippen MR) is 125 cm³/mol. The molecule has 9 heteroatoms. The van der Waals surface area contributed by atoms with Crippen LogP contribution >= 0.6 is 35.6 Å². The number of carbonyl (C=O) groups excluding carboxylic acids is 1. The average Bonchev–Trinajstić information content (AvgIpc) is 2.69. The van der Waals surface area contributed by atoms with Gasteiger partial charge in [0.05, 0.1) is 23.8 Å². The van der Waals surface area contributed by atoms with E-state index in [1.165, 1.54) is 0 Å². The van der Waals surface area contributed by atoms with Crippen molar-refractivity contribution in [1.29, 1.82) is 0 Å². The van der Waals surface area contributed by atoms with Gasteiger partial charge in [-0.25, -0.2) is 0 Å². The molecule has 1 saturated heterocycles. The molecule has 1 aromatic rings. The molecule has 1 aliphatic heterocycles. The van der Waals surface area contributed by atoms with Crippen LogP contribution in [-0.4, -0.2) is 75.8 Å². The molecule has 0 bridgehead atoms. The minimum Gasteiger partial charge on any atom is -0.379 e. The summed E-state index contributed by atoms with van der Waals surface area (Å²) in [6.45, 7) is 9.37. The number of nitrogens with zero attached hydrogens (tertiary/aromatic N) is 2. The zero-order valence-electron chi connectivity index (χ0n) is 16.4. The van der Waals surface area contributed by atoms with Crippen molar-refractivity contribution in [1.82, 2.24) is 20.9 Å². The third-order valence-electron chi connectivity index (χ3n) is 4.17. The van der Waals surface area contributed by atoms with Crippen LogP contribution < -0.4 is 16.0 Å². The fourth-order valence-electron chi connectivity index (χ4n) is 2.75. The summed E-state index contributed by atoms with van der Waals surface area (Å²) in [5.74, 6) is 0.598. The number of benzene rings is 1. The Labute approximate surface area is 189 Å². The molecule has 1 fully saturated rings.